The Morgan fingerprint density at radius 1 is 0.963 bits per heavy atom. The van der Waals surface area contributed by atoms with Crippen LogP contribution in [0.2, 0.25) is 0 Å². The van der Waals surface area contributed by atoms with Crippen LogP contribution in [0, 0.1) is 0 Å². The Morgan fingerprint density at radius 3 is 2.19 bits per heavy atom. The predicted octanol–water partition coefficient (Wildman–Crippen LogP) is 2.76. The first kappa shape index (κ1) is 20.0. The monoisotopic (exact) mass is 370 g/mol. The minimum atomic E-state index is -0.602. The summed E-state index contributed by atoms with van der Waals surface area (Å²) in [7, 11) is 0. The van der Waals surface area contributed by atoms with E-state index in [-0.39, 0.29) is 0 Å². The highest BCUT2D eigenvalue weighted by Gasteiger charge is 2.11. The number of amides is 2. The molecule has 0 fully saturated rings. The molecule has 0 unspecified atom stereocenters. The van der Waals surface area contributed by atoms with Crippen molar-refractivity contribution < 1.29 is 23.9 Å². The van der Waals surface area contributed by atoms with E-state index in [9.17, 15) is 14.4 Å². The van der Waals surface area contributed by atoms with E-state index in [0.29, 0.717) is 29.2 Å². The summed E-state index contributed by atoms with van der Waals surface area (Å²) in [5.41, 5.74) is 6.28. The lowest BCUT2D eigenvalue weighted by Crippen LogP contribution is -2.21. The van der Waals surface area contributed by atoms with Crippen LogP contribution in [0.25, 0.3) is 0 Å². The molecule has 2 amide bonds. The number of hydrogen-bond donors (Lipinski definition) is 2. The third-order valence-electron chi connectivity index (χ3n) is 3.64. The minimum absolute atomic E-state index is 0.330. The zero-order valence-corrected chi connectivity index (χ0v) is 15.1. The van der Waals surface area contributed by atoms with E-state index in [0.717, 1.165) is 12.8 Å². The number of hydrogen-bond acceptors (Lipinski definition) is 5. The lowest BCUT2D eigenvalue weighted by Gasteiger charge is -2.08. The third kappa shape index (κ3) is 6.47. The fourth-order valence-corrected chi connectivity index (χ4v) is 2.15. The second-order valence-electron chi connectivity index (χ2n) is 5.79. The molecule has 0 aliphatic rings. The Balaban J connectivity index is 1.80. The molecule has 0 aliphatic heterocycles. The summed E-state index contributed by atoms with van der Waals surface area (Å²) in [4.78, 5) is 34.9. The molecule has 0 spiro atoms. The molecule has 0 heterocycles. The van der Waals surface area contributed by atoms with Gasteiger partial charge in [-0.2, -0.15) is 0 Å². The zero-order chi connectivity index (χ0) is 19.6. The molecule has 0 saturated carbocycles. The van der Waals surface area contributed by atoms with Crippen LogP contribution >= 0.6 is 0 Å². The number of unbranched alkanes of at least 4 members (excludes halogenated alkanes) is 1. The van der Waals surface area contributed by atoms with Gasteiger partial charge in [-0.3, -0.25) is 9.59 Å². The van der Waals surface area contributed by atoms with Gasteiger partial charge in [0.2, 0.25) is 5.91 Å². The number of nitrogens with two attached hydrogens (primary N) is 1. The second kappa shape index (κ2) is 9.96. The summed E-state index contributed by atoms with van der Waals surface area (Å²) < 4.78 is 10.5. The van der Waals surface area contributed by atoms with Gasteiger partial charge in [-0.15, -0.1) is 0 Å². The van der Waals surface area contributed by atoms with Gasteiger partial charge in [-0.05, 0) is 55.0 Å². The molecule has 7 nitrogen and oxygen atoms in total. The number of benzene rings is 2. The van der Waals surface area contributed by atoms with Crippen LogP contribution < -0.4 is 15.8 Å². The van der Waals surface area contributed by atoms with Gasteiger partial charge in [0.15, 0.2) is 6.61 Å². The Morgan fingerprint density at radius 2 is 1.59 bits per heavy atom. The first-order valence-corrected chi connectivity index (χ1v) is 8.59. The number of esters is 1. The number of carbonyl (C=O) groups is 3. The van der Waals surface area contributed by atoms with E-state index in [1.54, 1.807) is 24.3 Å². The van der Waals surface area contributed by atoms with E-state index in [1.807, 2.05) is 0 Å². The molecule has 2 rings (SSSR count). The van der Waals surface area contributed by atoms with Crippen molar-refractivity contribution in [1.82, 2.24) is 0 Å². The number of ether oxygens (including phenoxy) is 2. The van der Waals surface area contributed by atoms with Gasteiger partial charge < -0.3 is 20.5 Å². The molecule has 0 saturated heterocycles. The van der Waals surface area contributed by atoms with Gasteiger partial charge in [-0.25, -0.2) is 4.79 Å². The molecule has 0 aliphatic carbocycles. The highest BCUT2D eigenvalue weighted by atomic mass is 16.5. The maximum atomic E-state index is 12.0. The van der Waals surface area contributed by atoms with Crippen molar-refractivity contribution >= 4 is 23.5 Å². The van der Waals surface area contributed by atoms with Crippen molar-refractivity contribution in [3.63, 3.8) is 0 Å². The van der Waals surface area contributed by atoms with Crippen molar-refractivity contribution in [3.8, 4) is 5.75 Å². The van der Waals surface area contributed by atoms with Crippen molar-refractivity contribution in [2.75, 3.05) is 18.5 Å². The molecule has 7 heteroatoms. The SMILES string of the molecule is CCCCOc1ccc(C(=O)OCC(=O)Nc2ccc(C(N)=O)cc2)cc1. The number of nitrogens with one attached hydrogen (secondary N) is 1. The Labute approximate surface area is 157 Å². The number of rotatable bonds is 9. The van der Waals surface area contributed by atoms with Gasteiger partial charge in [0.1, 0.15) is 5.75 Å². The zero-order valence-electron chi connectivity index (χ0n) is 15.1. The van der Waals surface area contributed by atoms with E-state index >= 15 is 0 Å². The summed E-state index contributed by atoms with van der Waals surface area (Å²) in [6, 6.07) is 12.6. The van der Waals surface area contributed by atoms with Gasteiger partial charge in [-0.1, -0.05) is 13.3 Å². The van der Waals surface area contributed by atoms with E-state index in [4.69, 9.17) is 15.2 Å². The summed E-state index contributed by atoms with van der Waals surface area (Å²) in [6.07, 6.45) is 2.01. The molecule has 0 atom stereocenters. The number of carbonyl (C=O) groups excluding carboxylic acids is 3. The summed E-state index contributed by atoms with van der Waals surface area (Å²) in [5.74, 6) is -0.968. The van der Waals surface area contributed by atoms with Crippen molar-refractivity contribution in [1.29, 1.82) is 0 Å². The second-order valence-corrected chi connectivity index (χ2v) is 5.79. The van der Waals surface area contributed by atoms with Gasteiger partial charge >= 0.3 is 5.97 Å². The predicted molar refractivity (Wildman–Crippen MR) is 101 cm³/mol. The van der Waals surface area contributed by atoms with E-state index in [1.165, 1.54) is 24.3 Å². The van der Waals surface area contributed by atoms with Gasteiger partial charge in [0.25, 0.3) is 5.91 Å². The van der Waals surface area contributed by atoms with E-state index in [2.05, 4.69) is 12.2 Å². The highest BCUT2D eigenvalue weighted by molar-refractivity contribution is 5.96. The summed E-state index contributed by atoms with van der Waals surface area (Å²) >= 11 is 0. The van der Waals surface area contributed by atoms with Crippen molar-refractivity contribution in [2.24, 2.45) is 5.73 Å². The van der Waals surface area contributed by atoms with Gasteiger partial charge in [0, 0.05) is 11.3 Å². The van der Waals surface area contributed by atoms with Crippen LogP contribution in [0.5, 0.6) is 5.75 Å². The molecule has 27 heavy (non-hydrogen) atoms. The Bertz CT molecular complexity index is 785. The van der Waals surface area contributed by atoms with Crippen LogP contribution in [0.4, 0.5) is 5.69 Å². The summed E-state index contributed by atoms with van der Waals surface area (Å²) in [6.45, 7) is 2.28. The molecule has 2 aromatic rings. The molecular formula is C20H22N2O5. The number of primary amides is 1. The largest absolute Gasteiger partial charge is 0.494 e. The minimum Gasteiger partial charge on any atom is -0.494 e. The smallest absolute Gasteiger partial charge is 0.338 e. The standard InChI is InChI=1S/C20H22N2O5/c1-2-3-12-26-17-10-6-15(7-11-17)20(25)27-13-18(23)22-16-8-4-14(5-9-16)19(21)24/h4-11H,2-3,12-13H2,1H3,(H2,21,24)(H,22,23). The fraction of sp³-hybridized carbons (Fsp3) is 0.250. The average Bonchev–Trinajstić information content (AvgIpc) is 2.67. The van der Waals surface area contributed by atoms with Crippen LogP contribution in [-0.2, 0) is 9.53 Å². The topological polar surface area (TPSA) is 108 Å². The molecule has 2 aromatic carbocycles. The van der Waals surface area contributed by atoms with Gasteiger partial charge in [0.05, 0.1) is 12.2 Å². The lowest BCUT2D eigenvalue weighted by atomic mass is 10.2. The quantitative estimate of drug-likeness (QED) is 0.521. The van der Waals surface area contributed by atoms with Crippen LogP contribution in [0.1, 0.15) is 40.5 Å². The normalized spacial score (nSPS) is 10.1. The molecule has 0 aromatic heterocycles. The Kier molecular flexibility index (Phi) is 7.37. The van der Waals surface area contributed by atoms with Crippen LogP contribution in [0.3, 0.4) is 0 Å². The molecule has 3 N–H and O–H groups in total. The maximum absolute atomic E-state index is 12.0. The third-order valence-corrected chi connectivity index (χ3v) is 3.64. The van der Waals surface area contributed by atoms with Crippen LogP contribution in [0.15, 0.2) is 48.5 Å². The fourth-order valence-electron chi connectivity index (χ4n) is 2.15. The summed E-state index contributed by atoms with van der Waals surface area (Å²) in [5, 5.41) is 2.56. The maximum Gasteiger partial charge on any atom is 0.338 e. The van der Waals surface area contributed by atoms with Crippen LogP contribution in [-0.4, -0.2) is 31.0 Å². The number of anilines is 1. The molecule has 0 bridgehead atoms. The van der Waals surface area contributed by atoms with Crippen molar-refractivity contribution in [2.45, 2.75) is 19.8 Å². The molecular weight excluding hydrogens is 348 g/mol. The van der Waals surface area contributed by atoms with Crippen molar-refractivity contribution in [3.05, 3.63) is 59.7 Å². The Hall–Kier alpha value is -3.35. The average molecular weight is 370 g/mol. The first-order chi connectivity index (χ1) is 13.0. The lowest BCUT2D eigenvalue weighted by molar-refractivity contribution is -0.119. The van der Waals surface area contributed by atoms with E-state index < -0.39 is 24.4 Å². The molecule has 142 valence electrons. The highest BCUT2D eigenvalue weighted by Crippen LogP contribution is 2.14. The molecule has 0 radical (unpaired) electrons. The first-order valence-electron chi connectivity index (χ1n) is 8.59.